The number of rotatable bonds is 20. The highest BCUT2D eigenvalue weighted by Gasteiger charge is 2.92. The van der Waals surface area contributed by atoms with Crippen LogP contribution in [0.4, 0.5) is 114 Å². The fraction of sp³-hybridized carbons (Fsp3) is 1.00. The van der Waals surface area contributed by atoms with E-state index in [1.165, 1.54) is 0 Å². The topological polar surface area (TPSA) is 27.7 Å². The minimum absolute atomic E-state index is 0.930. The third-order valence-corrected chi connectivity index (χ3v) is 5.86. The van der Waals surface area contributed by atoms with Gasteiger partial charge in [-0.1, -0.05) is 0 Å². The van der Waals surface area contributed by atoms with Crippen LogP contribution in [0.1, 0.15) is 12.8 Å². The summed E-state index contributed by atoms with van der Waals surface area (Å²) in [5.74, 6) is -76.2. The van der Waals surface area contributed by atoms with Crippen molar-refractivity contribution in [3.05, 3.63) is 0 Å². The third-order valence-electron chi connectivity index (χ3n) is 5.86. The Bertz CT molecular complexity index is 979. The Balaban J connectivity index is 4.93. The molecule has 0 spiro atoms. The molecule has 296 valence electrons. The van der Waals surface area contributed by atoms with Crippen LogP contribution in [0, 0.1) is 0 Å². The highest BCUT2D eigenvalue weighted by molar-refractivity contribution is 5.11. The lowest BCUT2D eigenvalue weighted by Gasteiger charge is -2.39. The molecule has 49 heavy (non-hydrogen) atoms. The summed E-state index contributed by atoms with van der Waals surface area (Å²) in [6.45, 7) is -7.70. The van der Waals surface area contributed by atoms with Crippen molar-refractivity contribution in [2.45, 2.75) is 84.4 Å². The molecule has 0 aromatic carbocycles. The zero-order valence-corrected chi connectivity index (χ0v) is 22.7. The summed E-state index contributed by atoms with van der Waals surface area (Å²) in [5, 5.41) is 0. The second kappa shape index (κ2) is 14.2. The molecule has 3 nitrogen and oxygen atoms in total. The summed E-state index contributed by atoms with van der Waals surface area (Å²) < 4.78 is 350. The van der Waals surface area contributed by atoms with Gasteiger partial charge in [-0.25, -0.2) is 0 Å². The van der Waals surface area contributed by atoms with Gasteiger partial charge in [0.1, 0.15) is 0 Å². The van der Waals surface area contributed by atoms with Crippen molar-refractivity contribution in [1.29, 1.82) is 0 Å². The number of ether oxygens (including phenoxy) is 3. The van der Waals surface area contributed by atoms with Gasteiger partial charge in [-0.2, -0.15) is 114 Å². The Labute approximate surface area is 253 Å². The minimum atomic E-state index is -8.12. The molecule has 0 atom stereocenters. The molecule has 0 saturated heterocycles. The van der Waals surface area contributed by atoms with Crippen LogP contribution >= 0.6 is 0 Å². The first-order valence-electron chi connectivity index (χ1n) is 11.9. The van der Waals surface area contributed by atoms with Crippen molar-refractivity contribution in [2.75, 3.05) is 39.6 Å². The van der Waals surface area contributed by atoms with E-state index in [-0.39, 0.29) is 0 Å². The van der Waals surface area contributed by atoms with Crippen LogP contribution in [0.5, 0.6) is 0 Å². The largest absolute Gasteiger partial charge is 0.460 e. The second-order valence-corrected chi connectivity index (χ2v) is 9.34. The van der Waals surface area contributed by atoms with E-state index in [2.05, 4.69) is 14.2 Å². The smallest absolute Gasteiger partial charge is 0.379 e. The molecule has 0 aromatic heterocycles. The maximum atomic E-state index is 13.6. The first-order valence-corrected chi connectivity index (χ1v) is 11.9. The van der Waals surface area contributed by atoms with E-state index in [1.54, 1.807) is 0 Å². The molecule has 0 fully saturated rings. The maximum absolute atomic E-state index is 13.6. The van der Waals surface area contributed by atoms with E-state index in [1.807, 2.05) is 0 Å². The molecular formula is C20H16F26O3. The SMILES string of the molecule is FC(F)(F)C(F)(F)C(F)(F)C(F)(F)C(F)(F)C(F)(F)CCOCCOCCOCCC(F)(F)C(F)(F)C(F)(F)C(F)(F)C(F)(F)C(F)(F)F. The quantitative estimate of drug-likeness (QED) is 0.0909. The summed E-state index contributed by atoms with van der Waals surface area (Å²) in [5.41, 5.74) is 0. The van der Waals surface area contributed by atoms with Gasteiger partial charge in [0.2, 0.25) is 0 Å². The molecule has 0 aliphatic rings. The summed E-state index contributed by atoms with van der Waals surface area (Å²) >= 11 is 0. The van der Waals surface area contributed by atoms with E-state index in [0.29, 0.717) is 0 Å². The Kier molecular flexibility index (Phi) is 13.7. The van der Waals surface area contributed by atoms with Gasteiger partial charge in [-0.3, -0.25) is 0 Å². The minimum Gasteiger partial charge on any atom is -0.379 e. The molecule has 0 unspecified atom stereocenters. The number of hydrogen-bond donors (Lipinski definition) is 0. The summed E-state index contributed by atoms with van der Waals surface area (Å²) in [4.78, 5) is 0. The van der Waals surface area contributed by atoms with Crippen LogP contribution in [0.2, 0.25) is 0 Å². The van der Waals surface area contributed by atoms with Crippen molar-refractivity contribution < 1.29 is 128 Å². The van der Waals surface area contributed by atoms with Crippen molar-refractivity contribution in [2.24, 2.45) is 0 Å². The highest BCUT2D eigenvalue weighted by Crippen LogP contribution is 2.62. The average Bonchev–Trinajstić information content (AvgIpc) is 2.89. The van der Waals surface area contributed by atoms with E-state index in [9.17, 15) is 114 Å². The molecule has 0 aromatic rings. The van der Waals surface area contributed by atoms with Gasteiger partial charge in [-0.05, 0) is 0 Å². The molecule has 0 heterocycles. The Hall–Kier alpha value is -1.94. The fourth-order valence-corrected chi connectivity index (χ4v) is 2.86. The van der Waals surface area contributed by atoms with Crippen LogP contribution in [0.3, 0.4) is 0 Å². The molecule has 0 N–H and O–H groups in total. The Morgan fingerprint density at radius 3 is 0.612 bits per heavy atom. The van der Waals surface area contributed by atoms with Crippen LogP contribution in [0.25, 0.3) is 0 Å². The molecule has 0 aliphatic carbocycles. The highest BCUT2D eigenvalue weighted by atomic mass is 19.4. The van der Waals surface area contributed by atoms with E-state index in [0.717, 1.165) is 0 Å². The standard InChI is InChI=1S/C20H16F26O3/c21-9(22,11(25,26)13(29,30)15(33,34)17(37,38)19(41,42)43)1-3-47-5-7-49-8-6-48-4-2-10(23,24)12(27,28)14(31,32)16(35,36)18(39,40)20(44,45)46/h1-8H2. The Morgan fingerprint density at radius 2 is 0.408 bits per heavy atom. The predicted molar refractivity (Wildman–Crippen MR) is 103 cm³/mol. The van der Waals surface area contributed by atoms with Gasteiger partial charge in [0.25, 0.3) is 0 Å². The molecule has 0 aliphatic heterocycles. The van der Waals surface area contributed by atoms with Gasteiger partial charge < -0.3 is 14.2 Å². The van der Waals surface area contributed by atoms with Gasteiger partial charge in [-0.15, -0.1) is 0 Å². The predicted octanol–water partition coefficient (Wildman–Crippen LogP) is 9.29. The van der Waals surface area contributed by atoms with Gasteiger partial charge in [0.05, 0.1) is 39.6 Å². The molecule has 0 amide bonds. The van der Waals surface area contributed by atoms with E-state index < -0.39 is 124 Å². The molecule has 29 heteroatoms. The van der Waals surface area contributed by atoms with Gasteiger partial charge in [0.15, 0.2) is 0 Å². The summed E-state index contributed by atoms with van der Waals surface area (Å²) in [6.07, 6.45) is -20.7. The molecule has 0 saturated carbocycles. The van der Waals surface area contributed by atoms with Crippen molar-refractivity contribution in [3.63, 3.8) is 0 Å². The lowest BCUT2D eigenvalue weighted by Crippen LogP contribution is -2.70. The first kappa shape index (κ1) is 47.1. The average molecular weight is 798 g/mol. The molecule has 0 bridgehead atoms. The molecule has 0 radical (unpaired) electrons. The van der Waals surface area contributed by atoms with Crippen LogP contribution in [-0.2, 0) is 14.2 Å². The Morgan fingerprint density at radius 1 is 0.224 bits per heavy atom. The van der Waals surface area contributed by atoms with Gasteiger partial charge in [0, 0.05) is 12.8 Å². The zero-order valence-electron chi connectivity index (χ0n) is 22.7. The lowest BCUT2D eigenvalue weighted by molar-refractivity contribution is -0.440. The molecule has 0 rings (SSSR count). The zero-order chi connectivity index (χ0) is 39.8. The van der Waals surface area contributed by atoms with Crippen molar-refractivity contribution >= 4 is 0 Å². The number of hydrogen-bond acceptors (Lipinski definition) is 3. The van der Waals surface area contributed by atoms with Crippen LogP contribution < -0.4 is 0 Å². The number of halogens is 26. The summed E-state index contributed by atoms with van der Waals surface area (Å²) in [6, 6.07) is 0. The lowest BCUT2D eigenvalue weighted by atomic mass is 9.93. The fourth-order valence-electron chi connectivity index (χ4n) is 2.86. The van der Waals surface area contributed by atoms with Crippen molar-refractivity contribution in [3.8, 4) is 0 Å². The monoisotopic (exact) mass is 798 g/mol. The normalized spacial score (nSPS) is 16.0. The second-order valence-electron chi connectivity index (χ2n) is 9.34. The van der Waals surface area contributed by atoms with E-state index in [4.69, 9.17) is 0 Å². The third kappa shape index (κ3) is 8.26. The van der Waals surface area contributed by atoms with Crippen molar-refractivity contribution in [1.82, 2.24) is 0 Å². The molecular weight excluding hydrogens is 782 g/mol. The summed E-state index contributed by atoms with van der Waals surface area (Å²) in [7, 11) is 0. The van der Waals surface area contributed by atoms with Crippen LogP contribution in [-0.4, -0.2) is 111 Å². The first-order chi connectivity index (χ1) is 21.2. The van der Waals surface area contributed by atoms with Gasteiger partial charge >= 0.3 is 71.6 Å². The van der Waals surface area contributed by atoms with E-state index >= 15 is 0 Å². The number of alkyl halides is 26. The van der Waals surface area contributed by atoms with Crippen LogP contribution in [0.15, 0.2) is 0 Å². The maximum Gasteiger partial charge on any atom is 0.460 e.